The van der Waals surface area contributed by atoms with Crippen molar-refractivity contribution >= 4 is 10.0 Å². The lowest BCUT2D eigenvalue weighted by Crippen LogP contribution is -2.45. The van der Waals surface area contributed by atoms with Crippen LogP contribution in [0.5, 0.6) is 0 Å². The Labute approximate surface area is 99.2 Å². The van der Waals surface area contributed by atoms with Crippen LogP contribution in [0.3, 0.4) is 0 Å². The van der Waals surface area contributed by atoms with Crippen LogP contribution in [0.15, 0.2) is 0 Å². The van der Waals surface area contributed by atoms with Gasteiger partial charge in [0.15, 0.2) is 0 Å². The highest BCUT2D eigenvalue weighted by Gasteiger charge is 2.30. The molecule has 1 aliphatic heterocycles. The summed E-state index contributed by atoms with van der Waals surface area (Å²) in [5.41, 5.74) is 0. The molecule has 96 valence electrons. The first-order chi connectivity index (χ1) is 7.24. The maximum atomic E-state index is 11.9. The van der Waals surface area contributed by atoms with Crippen molar-refractivity contribution in [1.82, 2.24) is 10.0 Å². The Bertz CT molecular complexity index is 319. The predicted octanol–water partition coefficient (Wildman–Crippen LogP) is 0.950. The summed E-state index contributed by atoms with van der Waals surface area (Å²) in [5, 5.41) is 3.31. The van der Waals surface area contributed by atoms with Gasteiger partial charge in [0.1, 0.15) is 0 Å². The molecule has 2 N–H and O–H groups in total. The zero-order valence-corrected chi connectivity index (χ0v) is 11.5. The third-order valence-corrected chi connectivity index (χ3v) is 5.46. The van der Waals surface area contributed by atoms with Crippen LogP contribution in [0, 0.1) is 11.8 Å². The van der Waals surface area contributed by atoms with Crippen LogP contribution in [0.1, 0.15) is 34.1 Å². The molecule has 0 bridgehead atoms. The van der Waals surface area contributed by atoms with Crippen LogP contribution in [-0.4, -0.2) is 32.8 Å². The van der Waals surface area contributed by atoms with Crippen LogP contribution in [0.25, 0.3) is 0 Å². The van der Waals surface area contributed by atoms with Crippen LogP contribution in [-0.2, 0) is 10.0 Å². The van der Waals surface area contributed by atoms with Crippen molar-refractivity contribution < 1.29 is 8.42 Å². The highest BCUT2D eigenvalue weighted by Crippen LogP contribution is 2.19. The van der Waals surface area contributed by atoms with E-state index in [0.29, 0.717) is 18.4 Å². The number of hydrogen-bond acceptors (Lipinski definition) is 3. The van der Waals surface area contributed by atoms with Gasteiger partial charge in [-0.05, 0) is 52.1 Å². The van der Waals surface area contributed by atoms with Gasteiger partial charge < -0.3 is 5.32 Å². The number of rotatable bonds is 3. The second-order valence-corrected chi connectivity index (χ2v) is 8.21. The average Bonchev–Trinajstić information content (AvgIpc) is 2.15. The standard InChI is InChI=1S/C11H24N2O2S/c1-9-7-12-6-5-10(9)8-13-16(14,15)11(2,3)4/h9-10,12-13H,5-8H2,1-4H3. The lowest BCUT2D eigenvalue weighted by molar-refractivity contribution is 0.274. The molecule has 0 aromatic carbocycles. The van der Waals surface area contributed by atoms with E-state index in [-0.39, 0.29) is 0 Å². The van der Waals surface area contributed by atoms with Crippen molar-refractivity contribution in [3.05, 3.63) is 0 Å². The molecular formula is C11H24N2O2S. The molecule has 16 heavy (non-hydrogen) atoms. The Morgan fingerprint density at radius 3 is 2.50 bits per heavy atom. The molecule has 5 heteroatoms. The molecule has 0 amide bonds. The highest BCUT2D eigenvalue weighted by molar-refractivity contribution is 7.90. The smallest absolute Gasteiger partial charge is 0.216 e. The van der Waals surface area contributed by atoms with Gasteiger partial charge in [0.05, 0.1) is 4.75 Å². The number of nitrogens with one attached hydrogen (secondary N) is 2. The fraction of sp³-hybridized carbons (Fsp3) is 1.00. The summed E-state index contributed by atoms with van der Waals surface area (Å²) in [7, 11) is -3.19. The van der Waals surface area contributed by atoms with Crippen LogP contribution >= 0.6 is 0 Å². The Morgan fingerprint density at radius 1 is 1.38 bits per heavy atom. The monoisotopic (exact) mass is 248 g/mol. The van der Waals surface area contributed by atoms with E-state index in [1.807, 2.05) is 0 Å². The van der Waals surface area contributed by atoms with Crippen molar-refractivity contribution in [2.24, 2.45) is 11.8 Å². The molecule has 0 radical (unpaired) electrons. The van der Waals surface area contributed by atoms with E-state index in [1.54, 1.807) is 20.8 Å². The van der Waals surface area contributed by atoms with E-state index in [4.69, 9.17) is 0 Å². The van der Waals surface area contributed by atoms with E-state index in [2.05, 4.69) is 17.0 Å². The highest BCUT2D eigenvalue weighted by atomic mass is 32.2. The Hall–Kier alpha value is -0.130. The minimum atomic E-state index is -3.19. The lowest BCUT2D eigenvalue weighted by atomic mass is 9.88. The van der Waals surface area contributed by atoms with Gasteiger partial charge >= 0.3 is 0 Å². The summed E-state index contributed by atoms with van der Waals surface area (Å²) in [4.78, 5) is 0. The first-order valence-corrected chi connectivity index (χ1v) is 7.42. The molecule has 1 saturated heterocycles. The van der Waals surface area contributed by atoms with E-state index >= 15 is 0 Å². The van der Waals surface area contributed by atoms with Crippen molar-refractivity contribution in [3.8, 4) is 0 Å². The average molecular weight is 248 g/mol. The molecule has 1 heterocycles. The summed E-state index contributed by atoms with van der Waals surface area (Å²) in [6.07, 6.45) is 1.05. The van der Waals surface area contributed by atoms with E-state index in [9.17, 15) is 8.42 Å². The largest absolute Gasteiger partial charge is 0.316 e. The van der Waals surface area contributed by atoms with Crippen molar-refractivity contribution in [1.29, 1.82) is 0 Å². The zero-order chi connectivity index (χ0) is 12.4. The number of hydrogen-bond donors (Lipinski definition) is 2. The van der Waals surface area contributed by atoms with Crippen molar-refractivity contribution in [3.63, 3.8) is 0 Å². The summed E-state index contributed by atoms with van der Waals surface area (Å²) in [6, 6.07) is 0. The van der Waals surface area contributed by atoms with Crippen LogP contribution < -0.4 is 10.0 Å². The van der Waals surface area contributed by atoms with Gasteiger partial charge in [0.25, 0.3) is 0 Å². The minimum absolute atomic E-state index is 0.457. The predicted molar refractivity (Wildman–Crippen MR) is 66.8 cm³/mol. The van der Waals surface area contributed by atoms with E-state index < -0.39 is 14.8 Å². The maximum absolute atomic E-state index is 11.9. The molecule has 1 rings (SSSR count). The summed E-state index contributed by atoms with van der Waals surface area (Å²) in [6.45, 7) is 9.89. The van der Waals surface area contributed by atoms with Crippen LogP contribution in [0.4, 0.5) is 0 Å². The van der Waals surface area contributed by atoms with Gasteiger partial charge in [-0.1, -0.05) is 6.92 Å². The maximum Gasteiger partial charge on any atom is 0.216 e. The second kappa shape index (κ2) is 5.02. The molecular weight excluding hydrogens is 224 g/mol. The second-order valence-electron chi connectivity index (χ2n) is 5.69. The Morgan fingerprint density at radius 2 is 2.00 bits per heavy atom. The third-order valence-electron chi connectivity index (χ3n) is 3.30. The molecule has 1 aliphatic rings. The molecule has 0 aliphatic carbocycles. The minimum Gasteiger partial charge on any atom is -0.316 e. The summed E-state index contributed by atoms with van der Waals surface area (Å²) < 4.78 is 25.8. The Balaban J connectivity index is 2.51. The van der Waals surface area contributed by atoms with Gasteiger partial charge in [-0.25, -0.2) is 13.1 Å². The normalized spacial score (nSPS) is 28.0. The molecule has 4 nitrogen and oxygen atoms in total. The molecule has 0 aromatic rings. The third kappa shape index (κ3) is 3.43. The topological polar surface area (TPSA) is 58.2 Å². The summed E-state index contributed by atoms with van der Waals surface area (Å²) >= 11 is 0. The summed E-state index contributed by atoms with van der Waals surface area (Å²) in [5.74, 6) is 0.995. The lowest BCUT2D eigenvalue weighted by Gasteiger charge is -2.30. The molecule has 0 spiro atoms. The molecule has 2 unspecified atom stereocenters. The van der Waals surface area contributed by atoms with Gasteiger partial charge in [-0.15, -0.1) is 0 Å². The fourth-order valence-corrected chi connectivity index (χ4v) is 2.67. The van der Waals surface area contributed by atoms with Gasteiger partial charge in [-0.2, -0.15) is 0 Å². The van der Waals surface area contributed by atoms with Crippen LogP contribution in [0.2, 0.25) is 0 Å². The molecule has 1 fully saturated rings. The zero-order valence-electron chi connectivity index (χ0n) is 10.7. The number of sulfonamides is 1. The quantitative estimate of drug-likeness (QED) is 0.782. The van der Waals surface area contributed by atoms with Gasteiger partial charge in [-0.3, -0.25) is 0 Å². The number of piperidine rings is 1. The fourth-order valence-electron chi connectivity index (χ4n) is 1.80. The first kappa shape index (κ1) is 13.9. The van der Waals surface area contributed by atoms with E-state index in [1.165, 1.54) is 0 Å². The Kier molecular flexibility index (Phi) is 4.37. The van der Waals surface area contributed by atoms with Gasteiger partial charge in [0.2, 0.25) is 10.0 Å². The molecule has 0 saturated carbocycles. The molecule has 0 aromatic heterocycles. The van der Waals surface area contributed by atoms with E-state index in [0.717, 1.165) is 19.5 Å². The van der Waals surface area contributed by atoms with Crippen molar-refractivity contribution in [2.75, 3.05) is 19.6 Å². The SMILES string of the molecule is CC1CNCCC1CNS(=O)(=O)C(C)(C)C. The first-order valence-electron chi connectivity index (χ1n) is 5.94. The van der Waals surface area contributed by atoms with Crippen molar-refractivity contribution in [2.45, 2.75) is 38.9 Å². The van der Waals surface area contributed by atoms with Gasteiger partial charge in [0, 0.05) is 6.54 Å². The molecule has 2 atom stereocenters.